The van der Waals surface area contributed by atoms with Gasteiger partial charge in [0.1, 0.15) is 0 Å². The van der Waals surface area contributed by atoms with Gasteiger partial charge in [0, 0.05) is 43.6 Å². The molecule has 0 bridgehead atoms. The zero-order chi connectivity index (χ0) is 12.3. The van der Waals surface area contributed by atoms with Gasteiger partial charge in [-0.1, -0.05) is 13.8 Å². The van der Waals surface area contributed by atoms with Crippen LogP contribution >= 0.6 is 0 Å². The van der Waals surface area contributed by atoms with E-state index >= 15 is 0 Å². The Kier molecular flexibility index (Phi) is 3.91. The molecule has 1 aliphatic heterocycles. The quantitative estimate of drug-likeness (QED) is 0.799. The van der Waals surface area contributed by atoms with Crippen LogP contribution in [-0.4, -0.2) is 40.3 Å². The number of anilines is 1. The van der Waals surface area contributed by atoms with Crippen LogP contribution in [0.5, 0.6) is 0 Å². The molecule has 1 atom stereocenters. The molecule has 94 valence electrons. The largest absolute Gasteiger partial charge is 0.391 e. The van der Waals surface area contributed by atoms with Gasteiger partial charge < -0.3 is 15.3 Å². The molecular formula is C12H20N4O. The topological polar surface area (TPSA) is 61.3 Å². The zero-order valence-corrected chi connectivity index (χ0v) is 10.4. The maximum Gasteiger partial charge on any atom is 0.225 e. The van der Waals surface area contributed by atoms with Gasteiger partial charge in [-0.2, -0.15) is 0 Å². The number of aliphatic hydroxyl groups is 1. The Bertz CT molecular complexity index is 352. The number of nitrogens with one attached hydrogen (secondary N) is 1. The summed E-state index contributed by atoms with van der Waals surface area (Å²) in [5, 5.41) is 12.8. The Labute approximate surface area is 102 Å². The van der Waals surface area contributed by atoms with Gasteiger partial charge in [0.05, 0.1) is 6.10 Å². The minimum Gasteiger partial charge on any atom is -0.391 e. The van der Waals surface area contributed by atoms with Gasteiger partial charge in [0.15, 0.2) is 0 Å². The van der Waals surface area contributed by atoms with Crippen LogP contribution in [0.2, 0.25) is 0 Å². The third-order valence-corrected chi connectivity index (χ3v) is 2.85. The van der Waals surface area contributed by atoms with E-state index in [0.717, 1.165) is 31.0 Å². The fourth-order valence-electron chi connectivity index (χ4n) is 1.85. The summed E-state index contributed by atoms with van der Waals surface area (Å²) in [6, 6.07) is 0.461. The molecule has 1 aliphatic rings. The number of rotatable bonds is 4. The number of hydrogen-bond donors (Lipinski definition) is 2. The fraction of sp³-hybridized carbons (Fsp3) is 0.667. The zero-order valence-electron chi connectivity index (χ0n) is 10.4. The van der Waals surface area contributed by atoms with Crippen LogP contribution in [-0.2, 0) is 6.54 Å². The van der Waals surface area contributed by atoms with E-state index in [1.54, 1.807) is 0 Å². The summed E-state index contributed by atoms with van der Waals surface area (Å²) in [5.74, 6) is 0.717. The Morgan fingerprint density at radius 2 is 2.18 bits per heavy atom. The molecule has 1 fully saturated rings. The predicted octanol–water partition coefficient (Wildman–Crippen LogP) is 0.546. The van der Waals surface area contributed by atoms with E-state index in [0.29, 0.717) is 12.6 Å². The van der Waals surface area contributed by atoms with Gasteiger partial charge in [-0.25, -0.2) is 9.97 Å². The molecule has 0 saturated carbocycles. The maximum absolute atomic E-state index is 9.45. The normalized spacial score (nSPS) is 20.2. The third-order valence-electron chi connectivity index (χ3n) is 2.85. The lowest BCUT2D eigenvalue weighted by Gasteiger charge is -2.15. The van der Waals surface area contributed by atoms with E-state index in [9.17, 15) is 5.11 Å². The van der Waals surface area contributed by atoms with Gasteiger partial charge in [-0.3, -0.25) is 0 Å². The van der Waals surface area contributed by atoms with E-state index in [1.807, 2.05) is 17.3 Å². The van der Waals surface area contributed by atoms with E-state index in [-0.39, 0.29) is 6.10 Å². The lowest BCUT2D eigenvalue weighted by molar-refractivity contribution is 0.198. The van der Waals surface area contributed by atoms with Crippen molar-refractivity contribution in [2.75, 3.05) is 18.0 Å². The number of aromatic nitrogens is 2. The summed E-state index contributed by atoms with van der Waals surface area (Å²) >= 11 is 0. The lowest BCUT2D eigenvalue weighted by Crippen LogP contribution is -2.24. The van der Waals surface area contributed by atoms with Gasteiger partial charge in [-0.15, -0.1) is 0 Å². The molecule has 1 aromatic rings. The van der Waals surface area contributed by atoms with Crippen molar-refractivity contribution in [3.05, 3.63) is 18.0 Å². The summed E-state index contributed by atoms with van der Waals surface area (Å²) in [5.41, 5.74) is 1.09. The van der Waals surface area contributed by atoms with Crippen LogP contribution in [0, 0.1) is 0 Å². The summed E-state index contributed by atoms with van der Waals surface area (Å²) in [7, 11) is 0. The van der Waals surface area contributed by atoms with E-state index < -0.39 is 0 Å². The molecule has 1 saturated heterocycles. The average Bonchev–Trinajstić information content (AvgIpc) is 2.74. The first-order valence-corrected chi connectivity index (χ1v) is 6.12. The van der Waals surface area contributed by atoms with Crippen LogP contribution < -0.4 is 10.2 Å². The SMILES string of the molecule is CC(C)NCc1cnc(N2CCC(O)C2)nc1. The standard InChI is InChI=1S/C12H20N4O/c1-9(2)13-5-10-6-14-12(15-7-10)16-4-3-11(17)8-16/h6-7,9,11,13,17H,3-5,8H2,1-2H3. The van der Waals surface area contributed by atoms with Gasteiger partial charge in [0.25, 0.3) is 0 Å². The molecule has 0 aliphatic carbocycles. The van der Waals surface area contributed by atoms with E-state index in [4.69, 9.17) is 0 Å². The monoisotopic (exact) mass is 236 g/mol. The van der Waals surface area contributed by atoms with E-state index in [1.165, 1.54) is 0 Å². The van der Waals surface area contributed by atoms with Crippen molar-refractivity contribution in [3.63, 3.8) is 0 Å². The van der Waals surface area contributed by atoms with Crippen LogP contribution in [0.4, 0.5) is 5.95 Å². The minimum absolute atomic E-state index is 0.235. The number of aliphatic hydroxyl groups excluding tert-OH is 1. The van der Waals surface area contributed by atoms with Crippen molar-refractivity contribution in [2.45, 2.75) is 39.0 Å². The van der Waals surface area contributed by atoms with Crippen molar-refractivity contribution < 1.29 is 5.11 Å². The fourth-order valence-corrected chi connectivity index (χ4v) is 1.85. The molecule has 0 aromatic carbocycles. The van der Waals surface area contributed by atoms with E-state index in [2.05, 4.69) is 29.1 Å². The highest BCUT2D eigenvalue weighted by Gasteiger charge is 2.21. The summed E-state index contributed by atoms with van der Waals surface area (Å²) in [6.45, 7) is 6.50. The molecule has 2 rings (SSSR count). The Hall–Kier alpha value is -1.20. The van der Waals surface area contributed by atoms with Crippen molar-refractivity contribution >= 4 is 5.95 Å². The second kappa shape index (κ2) is 5.42. The molecule has 0 radical (unpaired) electrons. The van der Waals surface area contributed by atoms with Gasteiger partial charge in [0.2, 0.25) is 5.95 Å². The molecule has 17 heavy (non-hydrogen) atoms. The van der Waals surface area contributed by atoms with Crippen molar-refractivity contribution in [3.8, 4) is 0 Å². The Morgan fingerprint density at radius 3 is 2.71 bits per heavy atom. The second-order valence-electron chi connectivity index (χ2n) is 4.82. The lowest BCUT2D eigenvalue weighted by atomic mass is 10.3. The summed E-state index contributed by atoms with van der Waals surface area (Å²) in [4.78, 5) is 10.7. The molecule has 1 aromatic heterocycles. The highest BCUT2D eigenvalue weighted by Crippen LogP contribution is 2.15. The molecule has 0 amide bonds. The smallest absolute Gasteiger partial charge is 0.225 e. The number of nitrogens with zero attached hydrogens (tertiary/aromatic N) is 3. The van der Waals surface area contributed by atoms with Crippen LogP contribution in [0.15, 0.2) is 12.4 Å². The van der Waals surface area contributed by atoms with Crippen LogP contribution in [0.25, 0.3) is 0 Å². The first kappa shape index (κ1) is 12.3. The number of hydrogen-bond acceptors (Lipinski definition) is 5. The Morgan fingerprint density at radius 1 is 1.47 bits per heavy atom. The molecule has 5 heteroatoms. The molecular weight excluding hydrogens is 216 g/mol. The average molecular weight is 236 g/mol. The van der Waals surface area contributed by atoms with Crippen LogP contribution in [0.1, 0.15) is 25.8 Å². The first-order valence-electron chi connectivity index (χ1n) is 6.12. The first-order chi connectivity index (χ1) is 8.15. The molecule has 1 unspecified atom stereocenters. The molecule has 0 spiro atoms. The summed E-state index contributed by atoms with van der Waals surface area (Å²) < 4.78 is 0. The highest BCUT2D eigenvalue weighted by molar-refractivity contribution is 5.31. The van der Waals surface area contributed by atoms with Crippen molar-refractivity contribution in [2.24, 2.45) is 0 Å². The highest BCUT2D eigenvalue weighted by atomic mass is 16.3. The van der Waals surface area contributed by atoms with Crippen LogP contribution in [0.3, 0.4) is 0 Å². The van der Waals surface area contributed by atoms with Gasteiger partial charge in [-0.05, 0) is 6.42 Å². The second-order valence-corrected chi connectivity index (χ2v) is 4.82. The maximum atomic E-state index is 9.45. The number of β-amino-alcohol motifs (C(OH)–C–C–N with tert-alkyl or cyclic N) is 1. The molecule has 2 heterocycles. The molecule has 2 N–H and O–H groups in total. The Balaban J connectivity index is 1.93. The van der Waals surface area contributed by atoms with Crippen molar-refractivity contribution in [1.82, 2.24) is 15.3 Å². The molecule has 5 nitrogen and oxygen atoms in total. The third kappa shape index (κ3) is 3.38. The summed E-state index contributed by atoms with van der Waals surface area (Å²) in [6.07, 6.45) is 4.27. The van der Waals surface area contributed by atoms with Crippen molar-refractivity contribution in [1.29, 1.82) is 0 Å². The van der Waals surface area contributed by atoms with Gasteiger partial charge >= 0.3 is 0 Å². The predicted molar refractivity (Wildman–Crippen MR) is 66.8 cm³/mol. The minimum atomic E-state index is -0.235.